The zero-order valence-electron chi connectivity index (χ0n) is 11.9. The van der Waals surface area contributed by atoms with Crippen LogP contribution >= 0.6 is 0 Å². The summed E-state index contributed by atoms with van der Waals surface area (Å²) in [5.41, 5.74) is 6.09. The molecule has 3 heteroatoms. The highest BCUT2D eigenvalue weighted by Crippen LogP contribution is 2.30. The van der Waals surface area contributed by atoms with E-state index < -0.39 is 0 Å². The number of rotatable bonds is 3. The summed E-state index contributed by atoms with van der Waals surface area (Å²) in [6.07, 6.45) is 10.8. The maximum atomic E-state index is 6.09. The summed E-state index contributed by atoms with van der Waals surface area (Å²) >= 11 is 0. The lowest BCUT2D eigenvalue weighted by Crippen LogP contribution is -2.41. The highest BCUT2D eigenvalue weighted by molar-refractivity contribution is 5.78. The second-order valence-corrected chi connectivity index (χ2v) is 6.04. The molecule has 3 nitrogen and oxygen atoms in total. The normalized spacial score (nSPS) is 30.5. The predicted molar refractivity (Wildman–Crippen MR) is 77.7 cm³/mol. The summed E-state index contributed by atoms with van der Waals surface area (Å²) in [4.78, 5) is 6.91. The first kappa shape index (κ1) is 13.7. The third kappa shape index (κ3) is 3.89. The van der Waals surface area contributed by atoms with Gasteiger partial charge < -0.3 is 10.6 Å². The Bertz CT molecular complexity index is 261. The van der Waals surface area contributed by atoms with E-state index in [9.17, 15) is 0 Å². The van der Waals surface area contributed by atoms with E-state index in [0.717, 1.165) is 37.4 Å². The SMILES string of the molecule is CCC1CCC(CN=C(N)N2CCCCC2)CC1. The molecule has 104 valence electrons. The van der Waals surface area contributed by atoms with Crippen LogP contribution in [-0.4, -0.2) is 30.5 Å². The van der Waals surface area contributed by atoms with Crippen LogP contribution in [0.25, 0.3) is 0 Å². The van der Waals surface area contributed by atoms with Gasteiger partial charge in [0.25, 0.3) is 0 Å². The Balaban J connectivity index is 1.72. The first-order valence-corrected chi connectivity index (χ1v) is 7.84. The van der Waals surface area contributed by atoms with Gasteiger partial charge in [-0.25, -0.2) is 0 Å². The third-order valence-corrected chi connectivity index (χ3v) is 4.74. The number of nitrogens with two attached hydrogens (primary N) is 1. The number of hydrogen-bond donors (Lipinski definition) is 1. The molecule has 0 bridgehead atoms. The van der Waals surface area contributed by atoms with E-state index in [4.69, 9.17) is 5.73 Å². The molecule has 18 heavy (non-hydrogen) atoms. The van der Waals surface area contributed by atoms with Crippen molar-refractivity contribution in [3.63, 3.8) is 0 Å². The number of hydrogen-bond acceptors (Lipinski definition) is 1. The van der Waals surface area contributed by atoms with Gasteiger partial charge in [-0.2, -0.15) is 0 Å². The summed E-state index contributed by atoms with van der Waals surface area (Å²) in [7, 11) is 0. The van der Waals surface area contributed by atoms with Gasteiger partial charge in [-0.05, 0) is 43.9 Å². The highest BCUT2D eigenvalue weighted by Gasteiger charge is 2.20. The van der Waals surface area contributed by atoms with E-state index in [0.29, 0.717) is 0 Å². The quantitative estimate of drug-likeness (QED) is 0.619. The largest absolute Gasteiger partial charge is 0.370 e. The summed E-state index contributed by atoms with van der Waals surface area (Å²) in [5, 5.41) is 0. The first-order valence-electron chi connectivity index (χ1n) is 7.84. The summed E-state index contributed by atoms with van der Waals surface area (Å²) in [6, 6.07) is 0. The van der Waals surface area contributed by atoms with E-state index in [-0.39, 0.29) is 0 Å². The molecule has 0 aromatic rings. The van der Waals surface area contributed by atoms with Gasteiger partial charge in [0.05, 0.1) is 0 Å². The van der Waals surface area contributed by atoms with Gasteiger partial charge in [0.2, 0.25) is 0 Å². The molecule has 2 rings (SSSR count). The Labute approximate surface area is 112 Å². The minimum absolute atomic E-state index is 0.788. The van der Waals surface area contributed by atoms with Crippen molar-refractivity contribution in [1.82, 2.24) is 4.90 Å². The molecule has 2 fully saturated rings. The van der Waals surface area contributed by atoms with Gasteiger partial charge in [-0.15, -0.1) is 0 Å². The Hall–Kier alpha value is -0.730. The summed E-state index contributed by atoms with van der Waals surface area (Å²) in [6.45, 7) is 5.49. The lowest BCUT2D eigenvalue weighted by molar-refractivity contribution is 0.273. The van der Waals surface area contributed by atoms with Gasteiger partial charge >= 0.3 is 0 Å². The van der Waals surface area contributed by atoms with Crippen molar-refractivity contribution in [2.75, 3.05) is 19.6 Å². The molecule has 0 radical (unpaired) electrons. The van der Waals surface area contributed by atoms with Gasteiger partial charge in [0, 0.05) is 19.6 Å². The molecular formula is C15H29N3. The van der Waals surface area contributed by atoms with Crippen LogP contribution in [-0.2, 0) is 0 Å². The Kier molecular flexibility index (Phi) is 5.33. The van der Waals surface area contributed by atoms with Gasteiger partial charge in [-0.1, -0.05) is 26.2 Å². The van der Waals surface area contributed by atoms with Crippen LogP contribution in [0.2, 0.25) is 0 Å². The third-order valence-electron chi connectivity index (χ3n) is 4.74. The monoisotopic (exact) mass is 251 g/mol. The smallest absolute Gasteiger partial charge is 0.191 e. The molecule has 0 amide bonds. The molecule has 0 atom stereocenters. The maximum absolute atomic E-state index is 6.09. The van der Waals surface area contributed by atoms with Crippen molar-refractivity contribution in [1.29, 1.82) is 0 Å². The number of aliphatic imine (C=N–C) groups is 1. The fourth-order valence-electron chi connectivity index (χ4n) is 3.27. The molecule has 2 aliphatic rings. The Morgan fingerprint density at radius 1 is 1.06 bits per heavy atom. The molecule has 1 saturated carbocycles. The predicted octanol–water partition coefficient (Wildman–Crippen LogP) is 3.00. The molecule has 0 spiro atoms. The van der Waals surface area contributed by atoms with E-state index in [1.54, 1.807) is 0 Å². The Morgan fingerprint density at radius 3 is 2.28 bits per heavy atom. The van der Waals surface area contributed by atoms with Crippen LogP contribution in [0.4, 0.5) is 0 Å². The van der Waals surface area contributed by atoms with E-state index >= 15 is 0 Å². The molecule has 2 N–H and O–H groups in total. The second-order valence-electron chi connectivity index (χ2n) is 6.04. The minimum Gasteiger partial charge on any atom is -0.370 e. The average molecular weight is 251 g/mol. The van der Waals surface area contributed by atoms with Gasteiger partial charge in [0.1, 0.15) is 0 Å². The molecule has 1 aliphatic heterocycles. The van der Waals surface area contributed by atoms with Crippen LogP contribution in [0.1, 0.15) is 58.3 Å². The number of nitrogens with zero attached hydrogens (tertiary/aromatic N) is 2. The molecule has 0 aromatic carbocycles. The van der Waals surface area contributed by atoms with Crippen molar-refractivity contribution in [3.05, 3.63) is 0 Å². The molecule has 0 unspecified atom stereocenters. The topological polar surface area (TPSA) is 41.6 Å². The van der Waals surface area contributed by atoms with Crippen LogP contribution in [0, 0.1) is 11.8 Å². The number of piperidine rings is 1. The van der Waals surface area contributed by atoms with Crippen LogP contribution in [0.15, 0.2) is 4.99 Å². The Morgan fingerprint density at radius 2 is 1.67 bits per heavy atom. The molecular weight excluding hydrogens is 222 g/mol. The lowest BCUT2D eigenvalue weighted by Gasteiger charge is -2.29. The van der Waals surface area contributed by atoms with Crippen LogP contribution < -0.4 is 5.73 Å². The van der Waals surface area contributed by atoms with Crippen molar-refractivity contribution < 1.29 is 0 Å². The fraction of sp³-hybridized carbons (Fsp3) is 0.933. The minimum atomic E-state index is 0.788. The van der Waals surface area contributed by atoms with Gasteiger partial charge in [0.15, 0.2) is 5.96 Å². The van der Waals surface area contributed by atoms with Crippen molar-refractivity contribution in [3.8, 4) is 0 Å². The maximum Gasteiger partial charge on any atom is 0.191 e. The van der Waals surface area contributed by atoms with Crippen molar-refractivity contribution in [2.45, 2.75) is 58.3 Å². The highest BCUT2D eigenvalue weighted by atomic mass is 15.2. The number of likely N-dealkylation sites (tertiary alicyclic amines) is 1. The molecule has 1 heterocycles. The van der Waals surface area contributed by atoms with Gasteiger partial charge in [-0.3, -0.25) is 4.99 Å². The van der Waals surface area contributed by atoms with Crippen molar-refractivity contribution in [2.24, 2.45) is 22.6 Å². The standard InChI is InChI=1S/C15H29N3/c1-2-13-6-8-14(9-7-13)12-17-15(16)18-10-4-3-5-11-18/h13-14H,2-12H2,1H3,(H2,16,17). The molecule has 0 aromatic heterocycles. The molecule has 1 saturated heterocycles. The average Bonchev–Trinajstić information content (AvgIpc) is 2.46. The zero-order valence-corrected chi connectivity index (χ0v) is 11.9. The fourth-order valence-corrected chi connectivity index (χ4v) is 3.27. The van der Waals surface area contributed by atoms with Crippen LogP contribution in [0.5, 0.6) is 0 Å². The van der Waals surface area contributed by atoms with E-state index in [2.05, 4.69) is 16.8 Å². The van der Waals surface area contributed by atoms with Crippen molar-refractivity contribution >= 4 is 5.96 Å². The first-order chi connectivity index (χ1) is 8.79. The van der Waals surface area contributed by atoms with Crippen LogP contribution in [0.3, 0.4) is 0 Å². The summed E-state index contributed by atoms with van der Waals surface area (Å²) in [5.74, 6) is 2.56. The van der Waals surface area contributed by atoms with E-state index in [1.165, 1.54) is 51.4 Å². The zero-order chi connectivity index (χ0) is 12.8. The second kappa shape index (κ2) is 7.01. The lowest BCUT2D eigenvalue weighted by atomic mass is 9.81. The summed E-state index contributed by atoms with van der Waals surface area (Å²) < 4.78 is 0. The number of guanidine groups is 1. The van der Waals surface area contributed by atoms with E-state index in [1.807, 2.05) is 0 Å². The molecule has 1 aliphatic carbocycles.